The fraction of sp³-hybridized carbons (Fsp3) is 0.360. The predicted octanol–water partition coefficient (Wildman–Crippen LogP) is 4.99. The van der Waals surface area contributed by atoms with Crippen molar-refractivity contribution < 1.29 is 19.4 Å². The van der Waals surface area contributed by atoms with Gasteiger partial charge in [0.25, 0.3) is 0 Å². The van der Waals surface area contributed by atoms with E-state index in [2.05, 4.69) is 23.8 Å². The smallest absolute Gasteiger partial charge is 0.416 e. The molecule has 4 rings (SSSR count). The zero-order valence-electron chi connectivity index (χ0n) is 19.2. The van der Waals surface area contributed by atoms with Crippen molar-refractivity contribution >= 4 is 40.8 Å². The number of benzene rings is 1. The molecule has 3 aromatic rings. The predicted molar refractivity (Wildman–Crippen MR) is 134 cm³/mol. The monoisotopic (exact) mass is 497 g/mol. The van der Waals surface area contributed by atoms with E-state index in [9.17, 15) is 14.7 Å². The minimum atomic E-state index is -1.07. The molecule has 3 heterocycles. The molecule has 34 heavy (non-hydrogen) atoms. The molecule has 1 fully saturated rings. The second-order valence-electron chi connectivity index (χ2n) is 8.57. The summed E-state index contributed by atoms with van der Waals surface area (Å²) in [4.78, 5) is 35.7. The van der Waals surface area contributed by atoms with Gasteiger partial charge in [-0.25, -0.2) is 19.7 Å². The van der Waals surface area contributed by atoms with E-state index in [-0.39, 0.29) is 6.61 Å². The minimum Gasteiger partial charge on any atom is -0.447 e. The molecule has 1 aliphatic heterocycles. The Labute approximate surface area is 206 Å². The largest absolute Gasteiger partial charge is 0.447 e. The number of aliphatic hydroxyl groups excluding tert-OH is 1. The molecule has 7 nitrogen and oxygen atoms in total. The minimum absolute atomic E-state index is 0.148. The van der Waals surface area contributed by atoms with Gasteiger partial charge in [-0.3, -0.25) is 4.79 Å². The van der Waals surface area contributed by atoms with Crippen LogP contribution in [0.5, 0.6) is 0 Å². The number of carbonyl (C=O) groups is 2. The van der Waals surface area contributed by atoms with Gasteiger partial charge in [-0.2, -0.15) is 0 Å². The van der Waals surface area contributed by atoms with E-state index < -0.39 is 30.1 Å². The maximum absolute atomic E-state index is 13.1. The van der Waals surface area contributed by atoms with Crippen LogP contribution in [-0.4, -0.2) is 50.7 Å². The lowest BCUT2D eigenvalue weighted by molar-refractivity contribution is -0.135. The molecule has 0 aliphatic carbocycles. The van der Waals surface area contributed by atoms with Gasteiger partial charge in [0.2, 0.25) is 5.91 Å². The van der Waals surface area contributed by atoms with Crippen molar-refractivity contribution in [3.05, 3.63) is 63.4 Å². The fourth-order valence-electron chi connectivity index (χ4n) is 3.63. The fourth-order valence-corrected chi connectivity index (χ4v) is 5.27. The van der Waals surface area contributed by atoms with Crippen LogP contribution in [0.4, 0.5) is 4.79 Å². The van der Waals surface area contributed by atoms with E-state index in [0.29, 0.717) is 18.0 Å². The SMILES string of the molecule is CC(C)c1nc(-c2nc(C=C[C@H](O)[C@@H](C)C(=O)N3C(=O)OC[C@H]3Cc3ccccc3)cs2)cs1. The number of ether oxygens (including phenoxy) is 1. The Morgan fingerprint density at radius 3 is 2.68 bits per heavy atom. The van der Waals surface area contributed by atoms with Gasteiger partial charge in [-0.05, 0) is 18.1 Å². The Morgan fingerprint density at radius 1 is 1.21 bits per heavy atom. The molecule has 2 amide bonds. The number of aliphatic hydroxyl groups is 1. The zero-order chi connectivity index (χ0) is 24.2. The molecule has 178 valence electrons. The molecule has 0 unspecified atom stereocenters. The van der Waals surface area contributed by atoms with E-state index >= 15 is 0 Å². The maximum Gasteiger partial charge on any atom is 0.416 e. The highest BCUT2D eigenvalue weighted by atomic mass is 32.1. The van der Waals surface area contributed by atoms with Crippen LogP contribution in [0.3, 0.4) is 0 Å². The Bertz CT molecular complexity index is 1170. The van der Waals surface area contributed by atoms with Crippen LogP contribution in [0.25, 0.3) is 16.8 Å². The summed E-state index contributed by atoms with van der Waals surface area (Å²) in [6, 6.07) is 9.25. The van der Waals surface area contributed by atoms with Gasteiger partial charge >= 0.3 is 6.09 Å². The highest BCUT2D eigenvalue weighted by molar-refractivity contribution is 7.14. The lowest BCUT2D eigenvalue weighted by Gasteiger charge is -2.24. The highest BCUT2D eigenvalue weighted by Gasteiger charge is 2.40. The molecule has 0 radical (unpaired) electrons. The summed E-state index contributed by atoms with van der Waals surface area (Å²) in [7, 11) is 0. The van der Waals surface area contributed by atoms with E-state index in [1.807, 2.05) is 41.1 Å². The van der Waals surface area contributed by atoms with Crippen LogP contribution in [0.15, 0.2) is 47.2 Å². The van der Waals surface area contributed by atoms with Crippen molar-refractivity contribution in [2.75, 3.05) is 6.61 Å². The van der Waals surface area contributed by atoms with Crippen LogP contribution in [-0.2, 0) is 16.0 Å². The summed E-state index contributed by atoms with van der Waals surface area (Å²) in [5, 5.41) is 16.4. The first kappa shape index (κ1) is 24.3. The number of hydrogen-bond acceptors (Lipinski definition) is 8. The summed E-state index contributed by atoms with van der Waals surface area (Å²) in [6.07, 6.45) is 1.99. The van der Waals surface area contributed by atoms with Gasteiger partial charge < -0.3 is 9.84 Å². The summed E-state index contributed by atoms with van der Waals surface area (Å²) < 4.78 is 5.14. The van der Waals surface area contributed by atoms with Crippen molar-refractivity contribution in [1.82, 2.24) is 14.9 Å². The number of amides is 2. The quantitative estimate of drug-likeness (QED) is 0.471. The average Bonchev–Trinajstić information content (AvgIpc) is 3.57. The topological polar surface area (TPSA) is 92.6 Å². The molecular weight excluding hydrogens is 470 g/mol. The van der Waals surface area contributed by atoms with Crippen molar-refractivity contribution in [1.29, 1.82) is 0 Å². The summed E-state index contributed by atoms with van der Waals surface area (Å²) in [5.41, 5.74) is 2.54. The van der Waals surface area contributed by atoms with Crippen LogP contribution in [0.1, 0.15) is 43.0 Å². The first-order valence-electron chi connectivity index (χ1n) is 11.1. The van der Waals surface area contributed by atoms with Gasteiger partial charge in [0.1, 0.15) is 17.3 Å². The number of imide groups is 1. The Balaban J connectivity index is 1.40. The molecule has 1 aliphatic rings. The van der Waals surface area contributed by atoms with Crippen LogP contribution in [0.2, 0.25) is 0 Å². The van der Waals surface area contributed by atoms with Crippen molar-refractivity contribution in [2.45, 2.75) is 45.3 Å². The normalized spacial score (nSPS) is 18.0. The van der Waals surface area contributed by atoms with Crippen LogP contribution in [0, 0.1) is 5.92 Å². The second-order valence-corrected chi connectivity index (χ2v) is 10.3. The number of aromatic nitrogens is 2. The summed E-state index contributed by atoms with van der Waals surface area (Å²) in [5.74, 6) is -0.902. The summed E-state index contributed by atoms with van der Waals surface area (Å²) >= 11 is 3.10. The highest BCUT2D eigenvalue weighted by Crippen LogP contribution is 2.29. The lowest BCUT2D eigenvalue weighted by atomic mass is 10.00. The first-order chi connectivity index (χ1) is 16.3. The van der Waals surface area contributed by atoms with E-state index in [1.54, 1.807) is 24.3 Å². The van der Waals surface area contributed by atoms with Gasteiger partial charge in [-0.15, -0.1) is 22.7 Å². The summed E-state index contributed by atoms with van der Waals surface area (Å²) in [6.45, 7) is 5.97. The first-order valence-corrected chi connectivity index (χ1v) is 12.9. The maximum atomic E-state index is 13.1. The van der Waals surface area contributed by atoms with Gasteiger partial charge in [0.15, 0.2) is 0 Å². The number of cyclic esters (lactones) is 1. The Hall–Kier alpha value is -2.88. The van der Waals surface area contributed by atoms with Crippen LogP contribution < -0.4 is 0 Å². The van der Waals surface area contributed by atoms with Gasteiger partial charge in [0, 0.05) is 16.7 Å². The Kier molecular flexibility index (Phi) is 7.55. The van der Waals surface area contributed by atoms with E-state index in [0.717, 1.165) is 26.2 Å². The van der Waals surface area contributed by atoms with Gasteiger partial charge in [0.05, 0.1) is 28.8 Å². The third-order valence-corrected chi connectivity index (χ3v) is 7.66. The molecule has 2 aromatic heterocycles. The average molecular weight is 498 g/mol. The third kappa shape index (κ3) is 5.43. The van der Waals surface area contributed by atoms with Gasteiger partial charge in [-0.1, -0.05) is 57.2 Å². The van der Waals surface area contributed by atoms with Crippen molar-refractivity contribution in [3.63, 3.8) is 0 Å². The van der Waals surface area contributed by atoms with E-state index in [4.69, 9.17) is 4.74 Å². The van der Waals surface area contributed by atoms with E-state index in [1.165, 1.54) is 17.4 Å². The number of hydrogen-bond donors (Lipinski definition) is 1. The molecule has 3 atom stereocenters. The number of nitrogens with zero attached hydrogens (tertiary/aromatic N) is 3. The molecule has 1 aromatic carbocycles. The zero-order valence-corrected chi connectivity index (χ0v) is 20.9. The molecular formula is C25H27N3O4S2. The molecule has 0 spiro atoms. The molecule has 1 saturated heterocycles. The van der Waals surface area contributed by atoms with Crippen molar-refractivity contribution in [3.8, 4) is 10.7 Å². The molecule has 0 bridgehead atoms. The Morgan fingerprint density at radius 2 is 1.97 bits per heavy atom. The number of rotatable bonds is 8. The van der Waals surface area contributed by atoms with Crippen LogP contribution >= 0.6 is 22.7 Å². The lowest BCUT2D eigenvalue weighted by Crippen LogP contribution is -2.45. The standard InChI is InChI=1S/C25H27N3O4S2/c1-15(2)22-27-20(14-34-22)23-26-18(13-33-23)9-10-21(29)16(3)24(30)28-19(12-32-25(28)31)11-17-7-5-4-6-8-17/h4-10,13-16,19,21,29H,11-12H2,1-3H3/t16-,19-,21+/m1/s1. The molecule has 0 saturated carbocycles. The number of thiazole rings is 2. The molecule has 1 N–H and O–H groups in total. The second kappa shape index (κ2) is 10.6. The molecule has 9 heteroatoms. The number of carbonyl (C=O) groups excluding carboxylic acids is 2. The van der Waals surface area contributed by atoms with Crippen molar-refractivity contribution in [2.24, 2.45) is 5.92 Å². The third-order valence-electron chi connectivity index (χ3n) is 5.64.